The van der Waals surface area contributed by atoms with Gasteiger partial charge in [-0.3, -0.25) is 4.79 Å². The number of carbonyl (C=O) groups excluding carboxylic acids is 1. The van der Waals surface area contributed by atoms with Gasteiger partial charge in [-0.2, -0.15) is 11.8 Å². The molecule has 1 aromatic carbocycles. The van der Waals surface area contributed by atoms with Crippen LogP contribution in [0.3, 0.4) is 0 Å². The highest BCUT2D eigenvalue weighted by molar-refractivity contribution is 7.99. The first-order valence-electron chi connectivity index (χ1n) is 6.90. The van der Waals surface area contributed by atoms with E-state index >= 15 is 0 Å². The van der Waals surface area contributed by atoms with Crippen LogP contribution in [0.25, 0.3) is 0 Å². The fourth-order valence-corrected chi connectivity index (χ4v) is 4.53. The second kappa shape index (κ2) is 5.57. The number of carbonyl (C=O) groups is 1. The molecule has 0 spiro atoms. The summed E-state index contributed by atoms with van der Waals surface area (Å²) in [5, 5.41) is 0.863. The first-order chi connectivity index (χ1) is 9.60. The quantitative estimate of drug-likeness (QED) is 0.823. The van der Waals surface area contributed by atoms with E-state index in [1.165, 1.54) is 18.2 Å². The van der Waals surface area contributed by atoms with Gasteiger partial charge >= 0.3 is 0 Å². The molecule has 3 rings (SSSR count). The molecule has 0 aromatic heterocycles. The van der Waals surface area contributed by atoms with Crippen LogP contribution >= 0.6 is 23.4 Å². The number of nitrogens with zero attached hydrogens (tertiary/aromatic N) is 1. The number of piperidine rings is 1. The number of amides is 1. The normalized spacial score (nSPS) is 28.8. The van der Waals surface area contributed by atoms with E-state index in [4.69, 9.17) is 11.6 Å². The highest BCUT2D eigenvalue weighted by atomic mass is 35.5. The molecule has 20 heavy (non-hydrogen) atoms. The average molecular weight is 314 g/mol. The molecule has 3 atom stereocenters. The standard InChI is InChI=1S/C15H17ClFNOS/c1-20-12-7-10-3-4-11(8-12)18(10)15(19)13-5-2-9(17)6-14(13)16/h2,5-6,10-12H,3-4,7-8H2,1H3/t10-,11+,12?. The minimum Gasteiger partial charge on any atom is -0.333 e. The molecule has 1 aromatic rings. The highest BCUT2D eigenvalue weighted by Crippen LogP contribution is 2.40. The smallest absolute Gasteiger partial charge is 0.255 e. The zero-order valence-corrected chi connectivity index (χ0v) is 12.9. The molecule has 2 saturated heterocycles. The van der Waals surface area contributed by atoms with Gasteiger partial charge in [0.1, 0.15) is 5.82 Å². The predicted molar refractivity (Wildman–Crippen MR) is 80.9 cm³/mol. The van der Waals surface area contributed by atoms with Gasteiger partial charge in [0.05, 0.1) is 10.6 Å². The Morgan fingerprint density at radius 1 is 1.35 bits per heavy atom. The molecule has 0 radical (unpaired) electrons. The number of halogens is 2. The van der Waals surface area contributed by atoms with E-state index in [-0.39, 0.29) is 10.9 Å². The van der Waals surface area contributed by atoms with Crippen LogP contribution in [-0.4, -0.2) is 34.4 Å². The first-order valence-corrected chi connectivity index (χ1v) is 8.57. The van der Waals surface area contributed by atoms with Crippen molar-refractivity contribution in [2.75, 3.05) is 6.26 Å². The van der Waals surface area contributed by atoms with Gasteiger partial charge < -0.3 is 4.90 Å². The molecule has 2 heterocycles. The van der Waals surface area contributed by atoms with Crippen molar-refractivity contribution >= 4 is 29.3 Å². The maximum atomic E-state index is 13.1. The molecule has 1 amide bonds. The molecule has 0 aliphatic carbocycles. The van der Waals surface area contributed by atoms with E-state index in [9.17, 15) is 9.18 Å². The van der Waals surface area contributed by atoms with Gasteiger partial charge in [0.2, 0.25) is 0 Å². The monoisotopic (exact) mass is 313 g/mol. The Bertz CT molecular complexity index is 525. The lowest BCUT2D eigenvalue weighted by Gasteiger charge is -2.38. The predicted octanol–water partition coefficient (Wildman–Crippen LogP) is 3.98. The van der Waals surface area contributed by atoms with Gasteiger partial charge in [0.25, 0.3) is 5.91 Å². The van der Waals surface area contributed by atoms with Crippen molar-refractivity contribution in [1.29, 1.82) is 0 Å². The third kappa shape index (κ3) is 2.44. The number of rotatable bonds is 2. The van der Waals surface area contributed by atoms with Crippen LogP contribution in [0.15, 0.2) is 18.2 Å². The van der Waals surface area contributed by atoms with Gasteiger partial charge in [-0.1, -0.05) is 11.6 Å². The minimum absolute atomic E-state index is 0.0398. The summed E-state index contributed by atoms with van der Waals surface area (Å²) in [6, 6.07) is 4.65. The second-order valence-corrected chi connectivity index (χ2v) is 7.10. The molecule has 0 N–H and O–H groups in total. The molecule has 5 heteroatoms. The zero-order valence-electron chi connectivity index (χ0n) is 11.3. The van der Waals surface area contributed by atoms with E-state index in [1.807, 2.05) is 16.7 Å². The Labute approximate surface area is 127 Å². The second-order valence-electron chi connectivity index (χ2n) is 5.55. The average Bonchev–Trinajstić information content (AvgIpc) is 2.68. The molecule has 2 fully saturated rings. The van der Waals surface area contributed by atoms with Crippen molar-refractivity contribution in [3.8, 4) is 0 Å². The van der Waals surface area contributed by atoms with E-state index in [0.717, 1.165) is 25.7 Å². The number of thioether (sulfide) groups is 1. The molecular weight excluding hydrogens is 297 g/mol. The Balaban J connectivity index is 1.85. The fourth-order valence-electron chi connectivity index (χ4n) is 3.45. The van der Waals surface area contributed by atoms with Crippen molar-refractivity contribution in [3.05, 3.63) is 34.6 Å². The zero-order chi connectivity index (χ0) is 14.3. The summed E-state index contributed by atoms with van der Waals surface area (Å²) in [6.45, 7) is 0. The van der Waals surface area contributed by atoms with Crippen molar-refractivity contribution in [3.63, 3.8) is 0 Å². The molecule has 2 nitrogen and oxygen atoms in total. The molecule has 2 aliphatic heterocycles. The summed E-state index contributed by atoms with van der Waals surface area (Å²) in [4.78, 5) is 14.7. The van der Waals surface area contributed by atoms with E-state index in [2.05, 4.69) is 6.26 Å². The molecule has 2 aliphatic rings. The summed E-state index contributed by atoms with van der Waals surface area (Å²) in [5.41, 5.74) is 0.424. The van der Waals surface area contributed by atoms with Crippen LogP contribution in [0.1, 0.15) is 36.0 Å². The largest absolute Gasteiger partial charge is 0.333 e. The first kappa shape index (κ1) is 14.2. The number of hydrogen-bond donors (Lipinski definition) is 0. The summed E-state index contributed by atoms with van der Waals surface area (Å²) >= 11 is 7.92. The topological polar surface area (TPSA) is 20.3 Å². The maximum Gasteiger partial charge on any atom is 0.255 e. The summed E-state index contributed by atoms with van der Waals surface area (Å²) < 4.78 is 13.1. The van der Waals surface area contributed by atoms with E-state index in [1.54, 1.807) is 0 Å². The maximum absolute atomic E-state index is 13.1. The van der Waals surface area contributed by atoms with Gasteiger partial charge in [-0.15, -0.1) is 0 Å². The van der Waals surface area contributed by atoms with Crippen molar-refractivity contribution < 1.29 is 9.18 Å². The minimum atomic E-state index is -0.407. The summed E-state index contributed by atoms with van der Waals surface area (Å²) in [5.74, 6) is -0.447. The Kier molecular flexibility index (Phi) is 3.95. The Morgan fingerprint density at radius 2 is 2.00 bits per heavy atom. The molecule has 0 saturated carbocycles. The summed E-state index contributed by atoms with van der Waals surface area (Å²) in [7, 11) is 0. The molecule has 1 unspecified atom stereocenters. The van der Waals surface area contributed by atoms with Gasteiger partial charge in [-0.05, 0) is 50.1 Å². The lowest BCUT2D eigenvalue weighted by molar-refractivity contribution is 0.0602. The van der Waals surface area contributed by atoms with E-state index < -0.39 is 5.82 Å². The van der Waals surface area contributed by atoms with Crippen molar-refractivity contribution in [1.82, 2.24) is 4.90 Å². The van der Waals surface area contributed by atoms with Crippen LogP contribution in [0.4, 0.5) is 4.39 Å². The van der Waals surface area contributed by atoms with Crippen LogP contribution in [0.2, 0.25) is 5.02 Å². The van der Waals surface area contributed by atoms with Crippen molar-refractivity contribution in [2.24, 2.45) is 0 Å². The fraction of sp³-hybridized carbons (Fsp3) is 0.533. The van der Waals surface area contributed by atoms with Gasteiger partial charge in [0.15, 0.2) is 0 Å². The number of benzene rings is 1. The third-order valence-electron chi connectivity index (χ3n) is 4.42. The molecular formula is C15H17ClFNOS. The summed E-state index contributed by atoms with van der Waals surface area (Å²) in [6.07, 6.45) is 6.40. The lowest BCUT2D eigenvalue weighted by atomic mass is 10.0. The number of fused-ring (bicyclic) bond motifs is 2. The van der Waals surface area contributed by atoms with E-state index in [0.29, 0.717) is 22.9 Å². The van der Waals surface area contributed by atoms with Crippen LogP contribution < -0.4 is 0 Å². The van der Waals surface area contributed by atoms with Crippen molar-refractivity contribution in [2.45, 2.75) is 43.0 Å². The molecule has 108 valence electrons. The SMILES string of the molecule is CSC1C[C@H]2CC[C@@H](C1)N2C(=O)c1ccc(F)cc1Cl. The van der Waals surface area contributed by atoms with Crippen LogP contribution in [-0.2, 0) is 0 Å². The molecule has 2 bridgehead atoms. The lowest BCUT2D eigenvalue weighted by Crippen LogP contribution is -2.47. The number of hydrogen-bond acceptors (Lipinski definition) is 2. The van der Waals surface area contributed by atoms with Gasteiger partial charge in [0, 0.05) is 17.3 Å². The van der Waals surface area contributed by atoms with Gasteiger partial charge in [-0.25, -0.2) is 4.39 Å². The van der Waals surface area contributed by atoms with Crippen LogP contribution in [0.5, 0.6) is 0 Å². The highest BCUT2D eigenvalue weighted by Gasteiger charge is 2.43. The Hall–Kier alpha value is -0.740. The Morgan fingerprint density at radius 3 is 2.55 bits per heavy atom. The van der Waals surface area contributed by atoms with Crippen LogP contribution in [0, 0.1) is 5.82 Å². The third-order valence-corrected chi connectivity index (χ3v) is 5.78.